The van der Waals surface area contributed by atoms with E-state index in [1.165, 1.54) is 11.1 Å². The van der Waals surface area contributed by atoms with Crippen molar-refractivity contribution in [2.24, 2.45) is 0 Å². The van der Waals surface area contributed by atoms with E-state index in [-0.39, 0.29) is 22.3 Å². The molecule has 2 N–H and O–H groups in total. The van der Waals surface area contributed by atoms with Gasteiger partial charge >= 0.3 is 0 Å². The lowest BCUT2D eigenvalue weighted by Gasteiger charge is -2.30. The Kier molecular flexibility index (Phi) is 6.59. The molecular weight excluding hydrogens is 464 g/mol. The number of hydrogen-bond acceptors (Lipinski definition) is 2. The van der Waals surface area contributed by atoms with Crippen LogP contribution in [0.1, 0.15) is 49.9 Å². The monoisotopic (exact) mass is 498 g/mol. The lowest BCUT2D eigenvalue weighted by molar-refractivity contribution is 0.476. The highest BCUT2D eigenvalue weighted by Gasteiger charge is 2.28. The smallest absolute Gasteiger partial charge is 0.123 e. The summed E-state index contributed by atoms with van der Waals surface area (Å²) in [5.41, 5.74) is 7.89. The van der Waals surface area contributed by atoms with E-state index in [0.29, 0.717) is 0 Å². The summed E-state index contributed by atoms with van der Waals surface area (Å²) in [6, 6.07) is 40.7. The summed E-state index contributed by atoms with van der Waals surface area (Å²) in [5.74, 6) is 0.577. The molecule has 0 atom stereocenters. The third kappa shape index (κ3) is 4.70. The number of aromatic hydroxyl groups is 2. The largest absolute Gasteiger partial charge is 0.507 e. The van der Waals surface area contributed by atoms with Crippen molar-refractivity contribution < 1.29 is 10.2 Å². The third-order valence-corrected chi connectivity index (χ3v) is 7.93. The van der Waals surface area contributed by atoms with Crippen molar-refractivity contribution in [1.82, 2.24) is 0 Å². The molecule has 5 aromatic carbocycles. The summed E-state index contributed by atoms with van der Waals surface area (Å²) in [6.07, 6.45) is 0. The molecule has 0 radical (unpaired) electrons. The Hall–Kier alpha value is -4.30. The molecule has 0 unspecified atom stereocenters. The third-order valence-electron chi connectivity index (χ3n) is 7.93. The Morgan fingerprint density at radius 3 is 1.05 bits per heavy atom. The first kappa shape index (κ1) is 25.4. The van der Waals surface area contributed by atoms with E-state index in [9.17, 15) is 10.2 Å². The lowest BCUT2D eigenvalue weighted by atomic mass is 9.74. The van der Waals surface area contributed by atoms with Crippen molar-refractivity contribution in [3.63, 3.8) is 0 Å². The summed E-state index contributed by atoms with van der Waals surface area (Å²) in [6.45, 7) is 8.89. The fraction of sp³-hybridized carbons (Fsp3) is 0.167. The first-order valence-electron chi connectivity index (χ1n) is 13.1. The van der Waals surface area contributed by atoms with E-state index in [1.54, 1.807) is 12.1 Å². The molecule has 0 heterocycles. The maximum Gasteiger partial charge on any atom is 0.123 e. The molecule has 5 rings (SSSR count). The van der Waals surface area contributed by atoms with Crippen molar-refractivity contribution in [2.45, 2.75) is 38.5 Å². The molecule has 0 fully saturated rings. The van der Waals surface area contributed by atoms with Gasteiger partial charge in [0.15, 0.2) is 0 Å². The molecule has 2 nitrogen and oxygen atoms in total. The molecule has 0 bridgehead atoms. The molecule has 0 amide bonds. The zero-order valence-corrected chi connectivity index (χ0v) is 22.4. The van der Waals surface area contributed by atoms with Crippen LogP contribution in [0.4, 0.5) is 0 Å². The predicted octanol–water partition coefficient (Wildman–Crippen LogP) is 9.08. The van der Waals surface area contributed by atoms with Gasteiger partial charge in [0.1, 0.15) is 11.5 Å². The van der Waals surface area contributed by atoms with Crippen molar-refractivity contribution in [3.8, 4) is 33.8 Å². The average Bonchev–Trinajstić information content (AvgIpc) is 2.94. The minimum absolute atomic E-state index is 0.251. The van der Waals surface area contributed by atoms with Gasteiger partial charge in [-0.2, -0.15) is 0 Å². The number of benzene rings is 5. The summed E-state index contributed by atoms with van der Waals surface area (Å²) in [5, 5.41) is 21.1. The average molecular weight is 499 g/mol. The Morgan fingerprint density at radius 1 is 0.395 bits per heavy atom. The molecule has 0 aliphatic heterocycles. The number of rotatable bonds is 6. The highest BCUT2D eigenvalue weighted by molar-refractivity contribution is 5.72. The standard InChI is InChI=1S/C36H34O2/c1-35(2,29-19-21-33(37)31(23-29)25-11-7-5-8-12-25)27-15-17-28(18-16-27)36(3,4)30-20-22-34(38)32(24-30)26-13-9-6-10-14-26/h5-24,37-38H,1-4H3. The van der Waals surface area contributed by atoms with Gasteiger partial charge in [-0.25, -0.2) is 0 Å². The summed E-state index contributed by atoms with van der Waals surface area (Å²) in [4.78, 5) is 0. The second kappa shape index (κ2) is 9.87. The zero-order chi connectivity index (χ0) is 26.9. The van der Waals surface area contributed by atoms with Crippen LogP contribution in [-0.2, 0) is 10.8 Å². The first-order chi connectivity index (χ1) is 18.2. The van der Waals surface area contributed by atoms with Crippen LogP contribution in [0, 0.1) is 0 Å². The SMILES string of the molecule is CC(C)(c1ccc(C(C)(C)c2ccc(O)c(-c3ccccc3)c2)cc1)c1ccc(O)c(-c2ccccc2)c1. The molecule has 0 spiro atoms. The van der Waals surface area contributed by atoms with Crippen LogP contribution in [0.15, 0.2) is 121 Å². The maximum atomic E-state index is 10.6. The first-order valence-corrected chi connectivity index (χ1v) is 13.1. The predicted molar refractivity (Wildman–Crippen MR) is 158 cm³/mol. The van der Waals surface area contributed by atoms with Crippen LogP contribution in [0.25, 0.3) is 22.3 Å². The lowest BCUT2D eigenvalue weighted by Crippen LogP contribution is -2.21. The number of phenols is 2. The van der Waals surface area contributed by atoms with Gasteiger partial charge < -0.3 is 10.2 Å². The van der Waals surface area contributed by atoms with Gasteiger partial charge in [-0.05, 0) is 57.6 Å². The summed E-state index contributed by atoms with van der Waals surface area (Å²) >= 11 is 0. The van der Waals surface area contributed by atoms with Crippen molar-refractivity contribution in [3.05, 3.63) is 144 Å². The Balaban J connectivity index is 1.47. The van der Waals surface area contributed by atoms with Gasteiger partial charge in [0, 0.05) is 22.0 Å². The van der Waals surface area contributed by atoms with Crippen LogP contribution in [0.3, 0.4) is 0 Å². The molecule has 0 saturated heterocycles. The van der Waals surface area contributed by atoms with Crippen molar-refractivity contribution in [2.75, 3.05) is 0 Å². The molecule has 0 aliphatic carbocycles. The second-order valence-corrected chi connectivity index (χ2v) is 11.0. The minimum Gasteiger partial charge on any atom is -0.507 e. The van der Waals surface area contributed by atoms with Gasteiger partial charge in [0.25, 0.3) is 0 Å². The highest BCUT2D eigenvalue weighted by atomic mass is 16.3. The van der Waals surface area contributed by atoms with E-state index >= 15 is 0 Å². The molecule has 5 aromatic rings. The summed E-state index contributed by atoms with van der Waals surface area (Å²) in [7, 11) is 0. The molecular formula is C36H34O2. The van der Waals surface area contributed by atoms with E-state index in [1.807, 2.05) is 72.8 Å². The quantitative estimate of drug-likeness (QED) is 0.245. The molecule has 0 aromatic heterocycles. The Labute approximate surface area is 225 Å². The fourth-order valence-corrected chi connectivity index (χ4v) is 5.18. The van der Waals surface area contributed by atoms with Crippen molar-refractivity contribution >= 4 is 0 Å². The van der Waals surface area contributed by atoms with Crippen LogP contribution < -0.4 is 0 Å². The van der Waals surface area contributed by atoms with Crippen molar-refractivity contribution in [1.29, 1.82) is 0 Å². The van der Waals surface area contributed by atoms with Gasteiger partial charge in [-0.3, -0.25) is 0 Å². The topological polar surface area (TPSA) is 40.5 Å². The minimum atomic E-state index is -0.251. The van der Waals surface area contributed by atoms with Gasteiger partial charge in [0.2, 0.25) is 0 Å². The highest BCUT2D eigenvalue weighted by Crippen LogP contribution is 2.40. The van der Waals surface area contributed by atoms with Crippen LogP contribution >= 0.6 is 0 Å². The van der Waals surface area contributed by atoms with E-state index in [2.05, 4.69) is 64.1 Å². The van der Waals surface area contributed by atoms with Gasteiger partial charge in [0.05, 0.1) is 0 Å². The molecule has 0 aliphatic rings. The van der Waals surface area contributed by atoms with Crippen LogP contribution in [0.5, 0.6) is 11.5 Å². The van der Waals surface area contributed by atoms with Crippen LogP contribution in [0.2, 0.25) is 0 Å². The summed E-state index contributed by atoms with van der Waals surface area (Å²) < 4.78 is 0. The molecule has 0 saturated carbocycles. The Bertz CT molecular complexity index is 1430. The van der Waals surface area contributed by atoms with E-state index < -0.39 is 0 Å². The zero-order valence-electron chi connectivity index (χ0n) is 22.4. The van der Waals surface area contributed by atoms with Gasteiger partial charge in [-0.15, -0.1) is 0 Å². The fourth-order valence-electron chi connectivity index (χ4n) is 5.18. The molecule has 190 valence electrons. The van der Waals surface area contributed by atoms with E-state index in [0.717, 1.165) is 33.4 Å². The molecule has 38 heavy (non-hydrogen) atoms. The molecule has 2 heteroatoms. The number of phenolic OH excluding ortho intramolecular Hbond substituents is 2. The number of hydrogen-bond donors (Lipinski definition) is 2. The Morgan fingerprint density at radius 2 is 0.711 bits per heavy atom. The van der Waals surface area contributed by atoms with E-state index in [4.69, 9.17) is 0 Å². The van der Waals surface area contributed by atoms with Gasteiger partial charge in [-0.1, -0.05) is 125 Å². The normalized spacial score (nSPS) is 11.9. The second-order valence-electron chi connectivity index (χ2n) is 11.0. The van der Waals surface area contributed by atoms with Crippen LogP contribution in [-0.4, -0.2) is 10.2 Å². The maximum absolute atomic E-state index is 10.6.